The van der Waals surface area contributed by atoms with Crippen LogP contribution in [0.4, 0.5) is 0 Å². The molecule has 0 aliphatic carbocycles. The van der Waals surface area contributed by atoms with Gasteiger partial charge in [-0.15, -0.1) is 10.2 Å². The summed E-state index contributed by atoms with van der Waals surface area (Å²) in [7, 11) is -3.14. The second kappa shape index (κ2) is 5.09. The average molecular weight is 301 g/mol. The minimum Gasteiger partial charge on any atom is -0.423 e. The SMILES string of the molecule is CCS(=O)(=O)N1CC[C@@H]2O[C@@H](c3nnc(C)o3)CC[C@@H]21. The molecule has 0 saturated carbocycles. The molecule has 0 aromatic carbocycles. The Kier molecular flexibility index (Phi) is 3.55. The lowest BCUT2D eigenvalue weighted by Gasteiger charge is -2.34. The summed E-state index contributed by atoms with van der Waals surface area (Å²) in [5, 5.41) is 7.81. The van der Waals surface area contributed by atoms with E-state index in [1.165, 1.54) is 0 Å². The van der Waals surface area contributed by atoms with Gasteiger partial charge in [0.1, 0.15) is 6.10 Å². The van der Waals surface area contributed by atoms with Gasteiger partial charge in [-0.25, -0.2) is 8.42 Å². The molecule has 112 valence electrons. The Balaban J connectivity index is 1.73. The number of sulfonamides is 1. The monoisotopic (exact) mass is 301 g/mol. The van der Waals surface area contributed by atoms with Crippen molar-refractivity contribution in [3.63, 3.8) is 0 Å². The molecular weight excluding hydrogens is 282 g/mol. The first-order chi connectivity index (χ1) is 9.51. The Morgan fingerprint density at radius 3 is 2.75 bits per heavy atom. The van der Waals surface area contributed by atoms with Gasteiger partial charge in [-0.1, -0.05) is 0 Å². The summed E-state index contributed by atoms with van der Waals surface area (Å²) >= 11 is 0. The fraction of sp³-hybridized carbons (Fsp3) is 0.833. The number of nitrogens with zero attached hydrogens (tertiary/aromatic N) is 3. The van der Waals surface area contributed by atoms with E-state index < -0.39 is 10.0 Å². The van der Waals surface area contributed by atoms with Crippen LogP contribution in [0.1, 0.15) is 44.1 Å². The Morgan fingerprint density at radius 1 is 1.30 bits per heavy atom. The first-order valence-corrected chi connectivity index (χ1v) is 8.57. The molecule has 7 nitrogen and oxygen atoms in total. The first kappa shape index (κ1) is 14.0. The fourth-order valence-corrected chi connectivity index (χ4v) is 4.39. The van der Waals surface area contributed by atoms with Crippen molar-refractivity contribution in [2.45, 2.75) is 51.4 Å². The Bertz CT molecular complexity index is 585. The van der Waals surface area contributed by atoms with Gasteiger partial charge in [0.25, 0.3) is 0 Å². The summed E-state index contributed by atoms with van der Waals surface area (Å²) in [5.74, 6) is 1.16. The van der Waals surface area contributed by atoms with Crippen LogP contribution in [0.15, 0.2) is 4.42 Å². The average Bonchev–Trinajstić information content (AvgIpc) is 3.04. The van der Waals surface area contributed by atoms with Gasteiger partial charge in [-0.05, 0) is 26.2 Å². The smallest absolute Gasteiger partial charge is 0.245 e. The summed E-state index contributed by atoms with van der Waals surface area (Å²) in [6.07, 6.45) is 1.94. The van der Waals surface area contributed by atoms with E-state index in [4.69, 9.17) is 9.15 Å². The normalized spacial score (nSPS) is 31.4. The van der Waals surface area contributed by atoms with Crippen LogP contribution < -0.4 is 0 Å². The van der Waals surface area contributed by atoms with Crippen molar-refractivity contribution in [1.82, 2.24) is 14.5 Å². The van der Waals surface area contributed by atoms with Crippen molar-refractivity contribution in [1.29, 1.82) is 0 Å². The van der Waals surface area contributed by atoms with Crippen molar-refractivity contribution in [3.8, 4) is 0 Å². The second-order valence-electron chi connectivity index (χ2n) is 5.27. The highest BCUT2D eigenvalue weighted by atomic mass is 32.2. The number of aryl methyl sites for hydroxylation is 1. The molecule has 2 aliphatic rings. The molecule has 0 unspecified atom stereocenters. The van der Waals surface area contributed by atoms with E-state index in [0.29, 0.717) is 24.7 Å². The van der Waals surface area contributed by atoms with Gasteiger partial charge < -0.3 is 9.15 Å². The number of ether oxygens (including phenoxy) is 1. The van der Waals surface area contributed by atoms with E-state index in [0.717, 1.165) is 12.8 Å². The largest absolute Gasteiger partial charge is 0.423 e. The van der Waals surface area contributed by atoms with Crippen molar-refractivity contribution in [2.75, 3.05) is 12.3 Å². The van der Waals surface area contributed by atoms with Gasteiger partial charge in [0, 0.05) is 13.5 Å². The summed E-state index contributed by atoms with van der Waals surface area (Å²) in [4.78, 5) is 0. The van der Waals surface area contributed by atoms with Gasteiger partial charge >= 0.3 is 0 Å². The van der Waals surface area contributed by atoms with Crippen molar-refractivity contribution < 1.29 is 17.6 Å². The summed E-state index contributed by atoms with van der Waals surface area (Å²) in [6.45, 7) is 3.96. The molecular formula is C12H19N3O4S. The van der Waals surface area contributed by atoms with Crippen LogP contribution in [0.2, 0.25) is 0 Å². The number of aromatic nitrogens is 2. The molecule has 8 heteroatoms. The topological polar surface area (TPSA) is 85.5 Å². The van der Waals surface area contributed by atoms with Crippen molar-refractivity contribution in [2.24, 2.45) is 0 Å². The first-order valence-electron chi connectivity index (χ1n) is 6.96. The van der Waals surface area contributed by atoms with Gasteiger partial charge in [0.2, 0.25) is 21.8 Å². The van der Waals surface area contributed by atoms with E-state index in [9.17, 15) is 8.42 Å². The molecule has 0 amide bonds. The molecule has 1 aromatic rings. The number of hydrogen-bond donors (Lipinski definition) is 0. The zero-order valence-corrected chi connectivity index (χ0v) is 12.5. The number of hydrogen-bond acceptors (Lipinski definition) is 6. The zero-order valence-electron chi connectivity index (χ0n) is 11.7. The molecule has 3 atom stereocenters. The van der Waals surface area contributed by atoms with E-state index in [2.05, 4.69) is 10.2 Å². The maximum Gasteiger partial charge on any atom is 0.245 e. The van der Waals surface area contributed by atoms with Gasteiger partial charge in [-0.3, -0.25) is 0 Å². The van der Waals surface area contributed by atoms with Crippen LogP contribution in [0.3, 0.4) is 0 Å². The third-order valence-corrected chi connectivity index (χ3v) is 5.93. The van der Waals surface area contributed by atoms with E-state index >= 15 is 0 Å². The molecule has 0 N–H and O–H groups in total. The van der Waals surface area contributed by atoms with Crippen LogP contribution in [0, 0.1) is 6.92 Å². The molecule has 2 saturated heterocycles. The summed E-state index contributed by atoms with van der Waals surface area (Å²) in [6, 6.07) is -0.0415. The molecule has 1 aromatic heterocycles. The maximum atomic E-state index is 12.0. The van der Waals surface area contributed by atoms with E-state index in [-0.39, 0.29) is 24.0 Å². The van der Waals surface area contributed by atoms with Crippen molar-refractivity contribution in [3.05, 3.63) is 11.8 Å². The molecule has 2 fully saturated rings. The highest BCUT2D eigenvalue weighted by Gasteiger charge is 2.45. The Labute approximate surface area is 118 Å². The minimum atomic E-state index is -3.14. The predicted molar refractivity (Wildman–Crippen MR) is 70.5 cm³/mol. The highest BCUT2D eigenvalue weighted by Crippen LogP contribution is 2.38. The van der Waals surface area contributed by atoms with Crippen LogP contribution in [0.25, 0.3) is 0 Å². The lowest BCUT2D eigenvalue weighted by Crippen LogP contribution is -2.43. The van der Waals surface area contributed by atoms with Crippen molar-refractivity contribution >= 4 is 10.0 Å². The second-order valence-corrected chi connectivity index (χ2v) is 7.48. The molecule has 3 heterocycles. The standard InChI is InChI=1S/C12H19N3O4S/c1-3-20(16,17)15-7-6-10-9(15)4-5-11(19-10)12-14-13-8(2)18-12/h9-11H,3-7H2,1-2H3/t9-,10-,11+/m0/s1. The summed E-state index contributed by atoms with van der Waals surface area (Å²) < 4.78 is 37.1. The third-order valence-electron chi connectivity index (χ3n) is 4.04. The number of rotatable bonds is 3. The quantitative estimate of drug-likeness (QED) is 0.828. The molecule has 0 spiro atoms. The van der Waals surface area contributed by atoms with Crippen LogP contribution >= 0.6 is 0 Å². The Morgan fingerprint density at radius 2 is 2.10 bits per heavy atom. The van der Waals surface area contributed by atoms with E-state index in [1.54, 1.807) is 18.2 Å². The molecule has 20 heavy (non-hydrogen) atoms. The molecule has 2 aliphatic heterocycles. The van der Waals surface area contributed by atoms with Gasteiger partial charge in [0.15, 0.2) is 0 Å². The van der Waals surface area contributed by atoms with Crippen LogP contribution in [0.5, 0.6) is 0 Å². The predicted octanol–water partition coefficient (Wildman–Crippen LogP) is 1.02. The van der Waals surface area contributed by atoms with Gasteiger partial charge in [0.05, 0.1) is 17.9 Å². The van der Waals surface area contributed by atoms with Crippen LogP contribution in [-0.4, -0.2) is 47.4 Å². The molecule has 0 radical (unpaired) electrons. The third kappa shape index (κ3) is 2.36. The lowest BCUT2D eigenvalue weighted by molar-refractivity contribution is -0.0738. The zero-order chi connectivity index (χ0) is 14.3. The Hall–Kier alpha value is -0.990. The van der Waals surface area contributed by atoms with Crippen LogP contribution in [-0.2, 0) is 14.8 Å². The van der Waals surface area contributed by atoms with E-state index in [1.807, 2.05) is 0 Å². The maximum absolute atomic E-state index is 12.0. The summed E-state index contributed by atoms with van der Waals surface area (Å²) in [5.41, 5.74) is 0. The lowest BCUT2D eigenvalue weighted by atomic mass is 10.00. The highest BCUT2D eigenvalue weighted by molar-refractivity contribution is 7.89. The molecule has 3 rings (SSSR count). The molecule has 0 bridgehead atoms. The fourth-order valence-electron chi connectivity index (χ4n) is 3.02. The minimum absolute atomic E-state index is 0.0415. The number of fused-ring (bicyclic) bond motifs is 1. The van der Waals surface area contributed by atoms with Gasteiger partial charge in [-0.2, -0.15) is 4.31 Å².